The second-order valence-corrected chi connectivity index (χ2v) is 10.4. The zero-order valence-corrected chi connectivity index (χ0v) is 21.0. The van der Waals surface area contributed by atoms with E-state index in [1.54, 1.807) is 12.3 Å². The number of H-pyrrole nitrogens is 1. The van der Waals surface area contributed by atoms with Gasteiger partial charge in [0.15, 0.2) is 5.82 Å². The van der Waals surface area contributed by atoms with Crippen LogP contribution < -0.4 is 20.9 Å². The van der Waals surface area contributed by atoms with Crippen LogP contribution >= 0.6 is 0 Å². The van der Waals surface area contributed by atoms with E-state index in [0.29, 0.717) is 28.7 Å². The van der Waals surface area contributed by atoms with Crippen LogP contribution in [0.4, 0.5) is 24.7 Å². The zero-order chi connectivity index (χ0) is 26.8. The molecule has 0 saturated heterocycles. The van der Waals surface area contributed by atoms with E-state index >= 15 is 0 Å². The normalized spacial score (nSPS) is 22.7. The SMILES string of the molecule is N#CC[C@]1(n2nc(Nc3ccc(OC(F)(F)F)cc3)c3c(=O)[nH]ccc32)CC[C@@H](NC2CCCCC2)CC1. The van der Waals surface area contributed by atoms with Gasteiger partial charge in [-0.05, 0) is 68.9 Å². The maximum atomic E-state index is 12.9. The summed E-state index contributed by atoms with van der Waals surface area (Å²) in [6.45, 7) is 0. The summed E-state index contributed by atoms with van der Waals surface area (Å²) in [6, 6.07) is 10.3. The number of pyridine rings is 1. The average molecular weight is 529 g/mol. The number of rotatable bonds is 7. The molecule has 1 aromatic carbocycles. The predicted molar refractivity (Wildman–Crippen MR) is 137 cm³/mol. The van der Waals surface area contributed by atoms with Crippen molar-refractivity contribution in [3.63, 3.8) is 0 Å². The van der Waals surface area contributed by atoms with Crippen molar-refractivity contribution < 1.29 is 17.9 Å². The molecule has 2 heterocycles. The first-order valence-electron chi connectivity index (χ1n) is 13.1. The number of nitrogens with zero attached hydrogens (tertiary/aromatic N) is 3. The number of halogens is 3. The van der Waals surface area contributed by atoms with Crippen molar-refractivity contribution in [2.45, 2.75) is 88.2 Å². The summed E-state index contributed by atoms with van der Waals surface area (Å²) in [5.74, 6) is -0.0611. The first-order valence-corrected chi connectivity index (χ1v) is 13.1. The number of aromatic nitrogens is 3. The lowest BCUT2D eigenvalue weighted by molar-refractivity contribution is -0.274. The molecule has 0 unspecified atom stereocenters. The van der Waals surface area contributed by atoms with Gasteiger partial charge in [0.25, 0.3) is 5.56 Å². The predicted octanol–water partition coefficient (Wildman–Crippen LogP) is 5.84. The number of alkyl halides is 3. The molecule has 0 radical (unpaired) electrons. The van der Waals surface area contributed by atoms with Crippen LogP contribution in [0.1, 0.15) is 64.2 Å². The van der Waals surface area contributed by atoms with Crippen LogP contribution in [-0.4, -0.2) is 33.2 Å². The molecule has 0 bridgehead atoms. The van der Waals surface area contributed by atoms with Gasteiger partial charge in [-0.2, -0.15) is 10.4 Å². The van der Waals surface area contributed by atoms with E-state index in [2.05, 4.69) is 26.4 Å². The fraction of sp³-hybridized carbons (Fsp3) is 0.519. The highest BCUT2D eigenvalue weighted by molar-refractivity contribution is 5.91. The molecular weight excluding hydrogens is 497 g/mol. The Hall–Kier alpha value is -3.52. The molecule has 0 amide bonds. The molecule has 0 aliphatic heterocycles. The monoisotopic (exact) mass is 528 g/mol. The summed E-state index contributed by atoms with van der Waals surface area (Å²) in [5.41, 5.74) is 0.162. The second kappa shape index (κ2) is 10.7. The van der Waals surface area contributed by atoms with Gasteiger partial charge in [-0.1, -0.05) is 19.3 Å². The molecule has 5 rings (SSSR count). The van der Waals surface area contributed by atoms with Gasteiger partial charge < -0.3 is 20.4 Å². The van der Waals surface area contributed by atoms with Gasteiger partial charge in [0.1, 0.15) is 11.1 Å². The van der Waals surface area contributed by atoms with E-state index < -0.39 is 11.9 Å². The standard InChI is InChI=1S/C27H31F3N6O2/c28-27(29,30)38-21-8-6-19(7-9-21)34-24-23-22(12-17-32-25(23)37)36(35-24)26(15-16-31)13-10-20(11-14-26)33-18-4-2-1-3-5-18/h6-9,12,17-18,20,33H,1-5,10-11,13-15H2,(H,32,37)(H,34,35)/t20-,26+. The summed E-state index contributed by atoms with van der Waals surface area (Å²) in [7, 11) is 0. The fourth-order valence-electron chi connectivity index (χ4n) is 5.94. The summed E-state index contributed by atoms with van der Waals surface area (Å²) >= 11 is 0. The van der Waals surface area contributed by atoms with Gasteiger partial charge in [-0.25, -0.2) is 0 Å². The quantitative estimate of drug-likeness (QED) is 0.356. The Morgan fingerprint density at radius 2 is 1.76 bits per heavy atom. The molecule has 2 saturated carbocycles. The Bertz CT molecular complexity index is 1340. The van der Waals surface area contributed by atoms with Crippen molar-refractivity contribution in [1.29, 1.82) is 5.26 Å². The largest absolute Gasteiger partial charge is 0.573 e. The molecule has 2 fully saturated rings. The Morgan fingerprint density at radius 1 is 1.08 bits per heavy atom. The number of fused-ring (bicyclic) bond motifs is 1. The lowest BCUT2D eigenvalue weighted by Crippen LogP contribution is -2.46. The van der Waals surface area contributed by atoms with Crippen LogP contribution in [0.2, 0.25) is 0 Å². The van der Waals surface area contributed by atoms with E-state index in [1.165, 1.54) is 56.4 Å². The zero-order valence-electron chi connectivity index (χ0n) is 21.0. The number of ether oxygens (including phenoxy) is 1. The van der Waals surface area contributed by atoms with Gasteiger partial charge in [0.2, 0.25) is 0 Å². The minimum absolute atomic E-state index is 0.260. The molecule has 3 aromatic rings. The van der Waals surface area contributed by atoms with Crippen LogP contribution in [0.25, 0.3) is 10.9 Å². The molecule has 2 aliphatic carbocycles. The van der Waals surface area contributed by atoms with E-state index in [9.17, 15) is 23.2 Å². The van der Waals surface area contributed by atoms with Crippen molar-refractivity contribution in [3.8, 4) is 11.8 Å². The summed E-state index contributed by atoms with van der Waals surface area (Å²) in [5, 5.41) is 21.8. The molecule has 0 spiro atoms. The highest BCUT2D eigenvalue weighted by Crippen LogP contribution is 2.41. The van der Waals surface area contributed by atoms with Crippen molar-refractivity contribution in [2.75, 3.05) is 5.32 Å². The van der Waals surface area contributed by atoms with Crippen molar-refractivity contribution >= 4 is 22.4 Å². The molecule has 3 N–H and O–H groups in total. The Labute approximate surface area is 218 Å². The molecular formula is C27H31F3N6O2. The minimum Gasteiger partial charge on any atom is -0.406 e. The van der Waals surface area contributed by atoms with Crippen LogP contribution in [0.5, 0.6) is 5.75 Å². The number of nitriles is 1. The Morgan fingerprint density at radius 3 is 2.42 bits per heavy atom. The number of hydrogen-bond acceptors (Lipinski definition) is 6. The maximum absolute atomic E-state index is 12.9. The molecule has 11 heteroatoms. The Kier molecular flexibility index (Phi) is 7.34. The molecule has 8 nitrogen and oxygen atoms in total. The van der Waals surface area contributed by atoms with Gasteiger partial charge >= 0.3 is 6.36 Å². The Balaban J connectivity index is 1.41. The first kappa shape index (κ1) is 26.1. The third-order valence-corrected chi connectivity index (χ3v) is 7.80. The lowest BCUT2D eigenvalue weighted by Gasteiger charge is -2.41. The van der Waals surface area contributed by atoms with E-state index in [-0.39, 0.29) is 23.5 Å². The molecule has 2 aliphatic rings. The first-order chi connectivity index (χ1) is 18.3. The summed E-state index contributed by atoms with van der Waals surface area (Å²) in [6.07, 6.45) is 6.62. The van der Waals surface area contributed by atoms with Crippen molar-refractivity contribution in [3.05, 3.63) is 46.9 Å². The number of benzene rings is 1. The highest BCUT2D eigenvalue weighted by Gasteiger charge is 2.40. The number of nitrogens with one attached hydrogen (secondary N) is 3. The summed E-state index contributed by atoms with van der Waals surface area (Å²) in [4.78, 5) is 15.5. The third kappa shape index (κ3) is 5.65. The summed E-state index contributed by atoms with van der Waals surface area (Å²) < 4.78 is 43.3. The van der Waals surface area contributed by atoms with Crippen LogP contribution in [0, 0.1) is 11.3 Å². The average Bonchev–Trinajstić information content (AvgIpc) is 3.27. The van der Waals surface area contributed by atoms with Crippen LogP contribution in [-0.2, 0) is 5.54 Å². The van der Waals surface area contributed by atoms with Crippen molar-refractivity contribution in [2.24, 2.45) is 0 Å². The molecule has 202 valence electrons. The van der Waals surface area contributed by atoms with Gasteiger partial charge in [0.05, 0.1) is 23.5 Å². The second-order valence-electron chi connectivity index (χ2n) is 10.4. The number of hydrogen-bond donors (Lipinski definition) is 3. The smallest absolute Gasteiger partial charge is 0.406 e. The van der Waals surface area contributed by atoms with E-state index in [0.717, 1.165) is 25.7 Å². The lowest BCUT2D eigenvalue weighted by atomic mass is 9.77. The molecule has 38 heavy (non-hydrogen) atoms. The highest BCUT2D eigenvalue weighted by atomic mass is 19.4. The number of aromatic amines is 1. The maximum Gasteiger partial charge on any atom is 0.573 e. The fourth-order valence-corrected chi connectivity index (χ4v) is 5.94. The minimum atomic E-state index is -4.78. The van der Waals surface area contributed by atoms with Crippen LogP contribution in [0.3, 0.4) is 0 Å². The topological polar surface area (TPSA) is 108 Å². The molecule has 0 atom stereocenters. The van der Waals surface area contributed by atoms with E-state index in [1.807, 2.05) is 4.68 Å². The van der Waals surface area contributed by atoms with Crippen LogP contribution in [0.15, 0.2) is 41.3 Å². The van der Waals surface area contributed by atoms with Crippen molar-refractivity contribution in [1.82, 2.24) is 20.1 Å². The van der Waals surface area contributed by atoms with E-state index in [4.69, 9.17) is 5.10 Å². The third-order valence-electron chi connectivity index (χ3n) is 7.80. The number of anilines is 2. The van der Waals surface area contributed by atoms with Gasteiger partial charge in [-0.3, -0.25) is 9.48 Å². The van der Waals surface area contributed by atoms with Gasteiger partial charge in [0, 0.05) is 24.0 Å². The molecule has 2 aromatic heterocycles. The van der Waals surface area contributed by atoms with Gasteiger partial charge in [-0.15, -0.1) is 13.2 Å².